The van der Waals surface area contributed by atoms with Crippen molar-refractivity contribution in [3.05, 3.63) is 72.0 Å². The number of hydrogen-bond donors (Lipinski definition) is 0. The molecule has 3 rings (SSSR count). The van der Waals surface area contributed by atoms with Gasteiger partial charge in [0.2, 0.25) is 0 Å². The number of halogens is 1. The molecule has 3 aromatic carbocycles. The Morgan fingerprint density at radius 3 is 2.45 bits per heavy atom. The Morgan fingerprint density at radius 2 is 1.65 bits per heavy atom. The highest BCUT2D eigenvalue weighted by molar-refractivity contribution is 5.99. The predicted octanol–water partition coefficient (Wildman–Crippen LogP) is 4.85. The summed E-state index contributed by atoms with van der Waals surface area (Å²) in [5.74, 6) is -0.377. The fraction of sp³-hybridized carbons (Fsp3) is 0.0556. The van der Waals surface area contributed by atoms with Gasteiger partial charge in [-0.25, -0.2) is 4.39 Å². The second-order valence-corrected chi connectivity index (χ2v) is 4.78. The number of Topliss-reactive ketones (excluding diaryl/α,β-unsaturated/α-hetero) is 1. The van der Waals surface area contributed by atoms with Crippen molar-refractivity contribution in [2.45, 2.75) is 6.92 Å². The Balaban J connectivity index is 2.30. The second-order valence-electron chi connectivity index (χ2n) is 4.78. The SMILES string of the molecule is CC(=O)c1ccc(F)c(-c2cccc3ccccc23)c1. The number of fused-ring (bicyclic) bond motifs is 1. The van der Waals surface area contributed by atoms with Gasteiger partial charge in [0.05, 0.1) is 0 Å². The van der Waals surface area contributed by atoms with Crippen LogP contribution in [0.1, 0.15) is 17.3 Å². The maximum absolute atomic E-state index is 14.1. The summed E-state index contributed by atoms with van der Waals surface area (Å²) in [6, 6.07) is 18.1. The second kappa shape index (κ2) is 4.89. The molecule has 0 aromatic heterocycles. The molecular formula is C18H13FO. The summed E-state index contributed by atoms with van der Waals surface area (Å²) < 4.78 is 14.1. The molecule has 0 aliphatic rings. The van der Waals surface area contributed by atoms with Gasteiger partial charge in [-0.2, -0.15) is 0 Å². The predicted molar refractivity (Wildman–Crippen MR) is 79.3 cm³/mol. The Kier molecular flexibility index (Phi) is 3.07. The van der Waals surface area contributed by atoms with Crippen LogP contribution in [0.2, 0.25) is 0 Å². The lowest BCUT2D eigenvalue weighted by Gasteiger charge is -2.09. The van der Waals surface area contributed by atoms with E-state index in [9.17, 15) is 9.18 Å². The number of carbonyl (C=O) groups is 1. The summed E-state index contributed by atoms with van der Waals surface area (Å²) in [6.45, 7) is 1.49. The minimum Gasteiger partial charge on any atom is -0.295 e. The Hall–Kier alpha value is -2.48. The first-order valence-electron chi connectivity index (χ1n) is 6.45. The third kappa shape index (κ3) is 2.10. The minimum atomic E-state index is -0.314. The van der Waals surface area contributed by atoms with Crippen molar-refractivity contribution in [1.29, 1.82) is 0 Å². The largest absolute Gasteiger partial charge is 0.295 e. The molecule has 0 saturated heterocycles. The Morgan fingerprint density at radius 1 is 0.900 bits per heavy atom. The lowest BCUT2D eigenvalue weighted by molar-refractivity contribution is 0.101. The van der Waals surface area contributed by atoms with Crippen LogP contribution in [-0.4, -0.2) is 5.78 Å². The number of hydrogen-bond acceptors (Lipinski definition) is 1. The molecule has 98 valence electrons. The average Bonchev–Trinajstić information content (AvgIpc) is 2.47. The number of benzene rings is 3. The van der Waals surface area contributed by atoms with E-state index in [2.05, 4.69) is 0 Å². The molecule has 0 radical (unpaired) electrons. The average molecular weight is 264 g/mol. The van der Waals surface area contributed by atoms with Crippen LogP contribution in [0.5, 0.6) is 0 Å². The zero-order chi connectivity index (χ0) is 14.1. The van der Waals surface area contributed by atoms with E-state index >= 15 is 0 Å². The highest BCUT2D eigenvalue weighted by atomic mass is 19.1. The van der Waals surface area contributed by atoms with Crippen molar-refractivity contribution in [3.63, 3.8) is 0 Å². The fourth-order valence-corrected chi connectivity index (χ4v) is 2.41. The third-order valence-corrected chi connectivity index (χ3v) is 3.45. The van der Waals surface area contributed by atoms with Crippen LogP contribution in [0, 0.1) is 5.82 Å². The summed E-state index contributed by atoms with van der Waals surface area (Å²) in [4.78, 5) is 11.5. The first-order valence-corrected chi connectivity index (χ1v) is 6.45. The maximum Gasteiger partial charge on any atom is 0.159 e. The van der Waals surface area contributed by atoms with E-state index < -0.39 is 0 Å². The van der Waals surface area contributed by atoms with E-state index in [1.165, 1.54) is 19.1 Å². The van der Waals surface area contributed by atoms with Crippen molar-refractivity contribution < 1.29 is 9.18 Å². The van der Waals surface area contributed by atoms with Gasteiger partial charge in [0, 0.05) is 11.1 Å². The normalized spacial score (nSPS) is 10.7. The Labute approximate surface area is 116 Å². The molecule has 1 nitrogen and oxygen atoms in total. The summed E-state index contributed by atoms with van der Waals surface area (Å²) in [6.07, 6.45) is 0. The van der Waals surface area contributed by atoms with Crippen LogP contribution in [0.25, 0.3) is 21.9 Å². The van der Waals surface area contributed by atoms with Crippen molar-refractivity contribution in [2.75, 3.05) is 0 Å². The van der Waals surface area contributed by atoms with Gasteiger partial charge in [0.15, 0.2) is 5.78 Å². The summed E-state index contributed by atoms with van der Waals surface area (Å²) in [5, 5.41) is 2.03. The molecule has 0 heterocycles. The van der Waals surface area contributed by atoms with Crippen LogP contribution < -0.4 is 0 Å². The summed E-state index contributed by atoms with van der Waals surface area (Å²) >= 11 is 0. The molecule has 0 aliphatic carbocycles. The van der Waals surface area contributed by atoms with Crippen molar-refractivity contribution in [2.24, 2.45) is 0 Å². The zero-order valence-corrected chi connectivity index (χ0v) is 11.1. The molecule has 0 N–H and O–H groups in total. The smallest absolute Gasteiger partial charge is 0.159 e. The molecule has 0 fully saturated rings. The summed E-state index contributed by atoms with van der Waals surface area (Å²) in [7, 11) is 0. The molecule has 0 aliphatic heterocycles. The summed E-state index contributed by atoms with van der Waals surface area (Å²) in [5.41, 5.74) is 1.80. The van der Waals surface area contributed by atoms with E-state index in [4.69, 9.17) is 0 Å². The van der Waals surface area contributed by atoms with E-state index in [0.717, 1.165) is 16.3 Å². The Bertz CT molecular complexity index is 800. The van der Waals surface area contributed by atoms with Gasteiger partial charge < -0.3 is 0 Å². The first-order chi connectivity index (χ1) is 9.66. The monoisotopic (exact) mass is 264 g/mol. The molecule has 20 heavy (non-hydrogen) atoms. The third-order valence-electron chi connectivity index (χ3n) is 3.45. The van der Waals surface area contributed by atoms with E-state index in [0.29, 0.717) is 11.1 Å². The van der Waals surface area contributed by atoms with Crippen LogP contribution in [0.3, 0.4) is 0 Å². The van der Waals surface area contributed by atoms with E-state index in [-0.39, 0.29) is 11.6 Å². The van der Waals surface area contributed by atoms with Crippen molar-refractivity contribution in [1.82, 2.24) is 0 Å². The van der Waals surface area contributed by atoms with Gasteiger partial charge in [-0.1, -0.05) is 42.5 Å². The van der Waals surface area contributed by atoms with Crippen LogP contribution in [0.15, 0.2) is 60.7 Å². The number of carbonyl (C=O) groups excluding carboxylic acids is 1. The molecule has 0 unspecified atom stereocenters. The van der Waals surface area contributed by atoms with Gasteiger partial charge in [-0.05, 0) is 41.5 Å². The van der Waals surface area contributed by atoms with Crippen molar-refractivity contribution >= 4 is 16.6 Å². The van der Waals surface area contributed by atoms with Gasteiger partial charge in [-0.3, -0.25) is 4.79 Å². The molecule has 0 spiro atoms. The van der Waals surface area contributed by atoms with E-state index in [1.54, 1.807) is 6.07 Å². The molecule has 0 saturated carbocycles. The van der Waals surface area contributed by atoms with Crippen molar-refractivity contribution in [3.8, 4) is 11.1 Å². The van der Waals surface area contributed by atoms with E-state index in [1.807, 2.05) is 42.5 Å². The molecular weight excluding hydrogens is 251 g/mol. The van der Waals surface area contributed by atoms with Gasteiger partial charge in [0.25, 0.3) is 0 Å². The van der Waals surface area contributed by atoms with Crippen LogP contribution in [0.4, 0.5) is 4.39 Å². The van der Waals surface area contributed by atoms with Gasteiger partial charge >= 0.3 is 0 Å². The standard InChI is InChI=1S/C18H13FO/c1-12(20)14-9-10-18(19)17(11-14)16-8-4-6-13-5-2-3-7-15(13)16/h2-11H,1H3. The quantitative estimate of drug-likeness (QED) is 0.605. The van der Waals surface area contributed by atoms with Gasteiger partial charge in [0.1, 0.15) is 5.82 Å². The lowest BCUT2D eigenvalue weighted by Crippen LogP contribution is -1.95. The van der Waals surface area contributed by atoms with Crippen LogP contribution >= 0.6 is 0 Å². The molecule has 0 atom stereocenters. The number of rotatable bonds is 2. The highest BCUT2D eigenvalue weighted by Gasteiger charge is 2.11. The topological polar surface area (TPSA) is 17.1 Å². The maximum atomic E-state index is 14.1. The first kappa shape index (κ1) is 12.5. The molecule has 2 heteroatoms. The molecule has 3 aromatic rings. The minimum absolute atomic E-state index is 0.0634. The number of ketones is 1. The van der Waals surface area contributed by atoms with Gasteiger partial charge in [-0.15, -0.1) is 0 Å². The zero-order valence-electron chi connectivity index (χ0n) is 11.1. The molecule has 0 bridgehead atoms. The molecule has 0 amide bonds. The fourth-order valence-electron chi connectivity index (χ4n) is 2.41. The van der Waals surface area contributed by atoms with Crippen LogP contribution in [-0.2, 0) is 0 Å². The lowest BCUT2D eigenvalue weighted by atomic mass is 9.96. The highest BCUT2D eigenvalue weighted by Crippen LogP contribution is 2.31.